The first-order chi connectivity index (χ1) is 8.19. The Labute approximate surface area is 107 Å². The van der Waals surface area contributed by atoms with E-state index in [1.54, 1.807) is 13.2 Å². The summed E-state index contributed by atoms with van der Waals surface area (Å²) in [4.78, 5) is 0. The third-order valence-electron chi connectivity index (χ3n) is 3.30. The maximum absolute atomic E-state index is 9.80. The van der Waals surface area contributed by atoms with Crippen molar-refractivity contribution >= 4 is 11.8 Å². The molecule has 3 nitrogen and oxygen atoms in total. The van der Waals surface area contributed by atoms with E-state index in [4.69, 9.17) is 4.74 Å². The summed E-state index contributed by atoms with van der Waals surface area (Å²) in [6, 6.07) is 5.43. The van der Waals surface area contributed by atoms with Crippen LogP contribution in [-0.4, -0.2) is 29.8 Å². The van der Waals surface area contributed by atoms with E-state index in [1.165, 1.54) is 12.8 Å². The molecule has 94 valence electrons. The van der Waals surface area contributed by atoms with Crippen molar-refractivity contribution in [3.63, 3.8) is 0 Å². The van der Waals surface area contributed by atoms with Crippen molar-refractivity contribution in [1.82, 2.24) is 5.32 Å². The van der Waals surface area contributed by atoms with Crippen molar-refractivity contribution in [1.29, 1.82) is 0 Å². The molecule has 4 heteroatoms. The molecule has 1 aliphatic rings. The Kier molecular flexibility index (Phi) is 3.84. The molecule has 2 N–H and O–H groups in total. The van der Waals surface area contributed by atoms with Gasteiger partial charge in [-0.25, -0.2) is 0 Å². The summed E-state index contributed by atoms with van der Waals surface area (Å²) in [5.74, 6) is 0.986. The zero-order valence-corrected chi connectivity index (χ0v) is 11.1. The minimum atomic E-state index is 0.297. The van der Waals surface area contributed by atoms with Crippen LogP contribution in [-0.2, 0) is 6.54 Å². The number of rotatable bonds is 6. The van der Waals surface area contributed by atoms with E-state index in [-0.39, 0.29) is 0 Å². The van der Waals surface area contributed by atoms with Crippen LogP contribution in [0.15, 0.2) is 18.2 Å². The maximum atomic E-state index is 9.80. The number of phenolic OH excluding ortho intramolecular Hbond substituents is 1. The Hall–Kier alpha value is -0.870. The Bertz CT molecular complexity index is 391. The van der Waals surface area contributed by atoms with Gasteiger partial charge in [0.25, 0.3) is 0 Å². The number of methoxy groups -OCH3 is 1. The molecule has 0 bridgehead atoms. The van der Waals surface area contributed by atoms with Gasteiger partial charge in [0.1, 0.15) is 11.5 Å². The van der Waals surface area contributed by atoms with Crippen LogP contribution in [0, 0.1) is 0 Å². The zero-order valence-electron chi connectivity index (χ0n) is 10.3. The van der Waals surface area contributed by atoms with Gasteiger partial charge in [-0.05, 0) is 25.2 Å². The van der Waals surface area contributed by atoms with Gasteiger partial charge in [0.2, 0.25) is 0 Å². The lowest BCUT2D eigenvalue weighted by Gasteiger charge is -2.13. The SMILES string of the molecule is COc1ccc(CNCC2(SC)CC2)c(O)c1. The normalized spacial score (nSPS) is 16.8. The largest absolute Gasteiger partial charge is 0.507 e. The van der Waals surface area contributed by atoms with Gasteiger partial charge in [0.05, 0.1) is 7.11 Å². The molecule has 1 aromatic carbocycles. The van der Waals surface area contributed by atoms with Crippen LogP contribution >= 0.6 is 11.8 Å². The van der Waals surface area contributed by atoms with Crippen LogP contribution in [0.4, 0.5) is 0 Å². The second-order valence-corrected chi connectivity index (χ2v) is 5.76. The summed E-state index contributed by atoms with van der Waals surface area (Å²) in [5, 5.41) is 13.2. The monoisotopic (exact) mass is 253 g/mol. The second kappa shape index (κ2) is 5.19. The lowest BCUT2D eigenvalue weighted by molar-refractivity contribution is 0.406. The highest BCUT2D eigenvalue weighted by molar-refractivity contribution is 8.00. The Balaban J connectivity index is 1.86. The van der Waals surface area contributed by atoms with E-state index < -0.39 is 0 Å². The van der Waals surface area contributed by atoms with E-state index >= 15 is 0 Å². The molecule has 0 aromatic heterocycles. The van der Waals surface area contributed by atoms with Gasteiger partial charge in [0.15, 0.2) is 0 Å². The molecule has 17 heavy (non-hydrogen) atoms. The highest BCUT2D eigenvalue weighted by Gasteiger charge is 2.41. The summed E-state index contributed by atoms with van der Waals surface area (Å²) in [5.41, 5.74) is 0.919. The molecule has 0 amide bonds. The highest BCUT2D eigenvalue weighted by atomic mass is 32.2. The molecule has 2 rings (SSSR count). The van der Waals surface area contributed by atoms with E-state index in [2.05, 4.69) is 11.6 Å². The summed E-state index contributed by atoms with van der Waals surface area (Å²) in [6.07, 6.45) is 4.77. The molecule has 1 aromatic rings. The number of aromatic hydroxyl groups is 1. The number of nitrogens with one attached hydrogen (secondary N) is 1. The molecule has 0 spiro atoms. The fraction of sp³-hybridized carbons (Fsp3) is 0.538. The van der Waals surface area contributed by atoms with Crippen molar-refractivity contribution < 1.29 is 9.84 Å². The lowest BCUT2D eigenvalue weighted by atomic mass is 10.2. The average Bonchev–Trinajstić information content (AvgIpc) is 3.12. The smallest absolute Gasteiger partial charge is 0.123 e. The molecular formula is C13H19NO2S. The van der Waals surface area contributed by atoms with Gasteiger partial charge < -0.3 is 15.2 Å². The first-order valence-electron chi connectivity index (χ1n) is 5.81. The number of hydrogen-bond acceptors (Lipinski definition) is 4. The van der Waals surface area contributed by atoms with Gasteiger partial charge in [-0.15, -0.1) is 0 Å². The highest BCUT2D eigenvalue weighted by Crippen LogP contribution is 2.46. The standard InChI is InChI=1S/C13H19NO2S/c1-16-11-4-3-10(12(15)7-11)8-14-9-13(17-2)5-6-13/h3-4,7,14-15H,5-6,8-9H2,1-2H3. The third-order valence-corrected chi connectivity index (χ3v) is 4.71. The molecular weight excluding hydrogens is 234 g/mol. The molecule has 0 heterocycles. The summed E-state index contributed by atoms with van der Waals surface area (Å²) in [7, 11) is 1.60. The fourth-order valence-corrected chi connectivity index (χ4v) is 2.59. The molecule has 0 unspecified atom stereocenters. The van der Waals surface area contributed by atoms with Crippen molar-refractivity contribution in [2.24, 2.45) is 0 Å². The zero-order chi connectivity index (χ0) is 12.3. The Morgan fingerprint density at radius 3 is 2.76 bits per heavy atom. The quantitative estimate of drug-likeness (QED) is 0.817. The van der Waals surface area contributed by atoms with Crippen LogP contribution in [0.2, 0.25) is 0 Å². The number of phenols is 1. The summed E-state index contributed by atoms with van der Waals surface area (Å²) in [6.45, 7) is 1.72. The lowest BCUT2D eigenvalue weighted by Crippen LogP contribution is -2.25. The van der Waals surface area contributed by atoms with Crippen molar-refractivity contribution in [2.45, 2.75) is 24.1 Å². The van der Waals surface area contributed by atoms with Crippen LogP contribution < -0.4 is 10.1 Å². The molecule has 1 fully saturated rings. The summed E-state index contributed by atoms with van der Waals surface area (Å²) < 4.78 is 5.51. The van der Waals surface area contributed by atoms with Crippen LogP contribution in [0.3, 0.4) is 0 Å². The van der Waals surface area contributed by atoms with Gasteiger partial charge in [-0.2, -0.15) is 11.8 Å². The van der Waals surface area contributed by atoms with Crippen LogP contribution in [0.1, 0.15) is 18.4 Å². The number of thioether (sulfide) groups is 1. The predicted molar refractivity (Wildman–Crippen MR) is 71.8 cm³/mol. The van der Waals surface area contributed by atoms with E-state index in [1.807, 2.05) is 23.9 Å². The third kappa shape index (κ3) is 3.07. The van der Waals surface area contributed by atoms with Gasteiger partial charge in [-0.3, -0.25) is 0 Å². The maximum Gasteiger partial charge on any atom is 0.123 e. The molecule has 0 aliphatic heterocycles. The second-order valence-electron chi connectivity index (χ2n) is 4.49. The fourth-order valence-electron chi connectivity index (χ4n) is 1.84. The minimum absolute atomic E-state index is 0.297. The number of hydrogen-bond donors (Lipinski definition) is 2. The molecule has 0 radical (unpaired) electrons. The van der Waals surface area contributed by atoms with Gasteiger partial charge in [-0.1, -0.05) is 6.07 Å². The average molecular weight is 253 g/mol. The molecule has 1 saturated carbocycles. The van der Waals surface area contributed by atoms with Gasteiger partial charge >= 0.3 is 0 Å². The van der Waals surface area contributed by atoms with Crippen LogP contribution in [0.25, 0.3) is 0 Å². The van der Waals surface area contributed by atoms with Crippen molar-refractivity contribution in [3.8, 4) is 11.5 Å². The van der Waals surface area contributed by atoms with Crippen LogP contribution in [0.5, 0.6) is 11.5 Å². The van der Waals surface area contributed by atoms with Gasteiger partial charge in [0, 0.05) is 29.5 Å². The first-order valence-corrected chi connectivity index (χ1v) is 7.03. The first kappa shape index (κ1) is 12.6. The van der Waals surface area contributed by atoms with E-state index in [0.717, 1.165) is 12.1 Å². The Morgan fingerprint density at radius 2 is 2.24 bits per heavy atom. The van der Waals surface area contributed by atoms with Crippen molar-refractivity contribution in [3.05, 3.63) is 23.8 Å². The molecule has 0 atom stereocenters. The minimum Gasteiger partial charge on any atom is -0.507 e. The summed E-state index contributed by atoms with van der Waals surface area (Å²) >= 11 is 1.94. The number of ether oxygens (including phenoxy) is 1. The van der Waals surface area contributed by atoms with E-state index in [9.17, 15) is 5.11 Å². The molecule has 1 aliphatic carbocycles. The number of benzene rings is 1. The molecule has 0 saturated heterocycles. The van der Waals surface area contributed by atoms with Crippen molar-refractivity contribution in [2.75, 3.05) is 19.9 Å². The predicted octanol–water partition coefficient (Wildman–Crippen LogP) is 2.39. The topological polar surface area (TPSA) is 41.5 Å². The van der Waals surface area contributed by atoms with E-state index in [0.29, 0.717) is 22.8 Å². The Morgan fingerprint density at radius 1 is 1.47 bits per heavy atom.